The van der Waals surface area contributed by atoms with E-state index in [0.29, 0.717) is 18.7 Å². The number of hydrogen-bond donors (Lipinski definition) is 0. The van der Waals surface area contributed by atoms with Crippen LogP contribution in [-0.2, 0) is 6.54 Å². The number of rotatable bonds is 4. The van der Waals surface area contributed by atoms with E-state index in [-0.39, 0.29) is 0 Å². The molecule has 0 fully saturated rings. The molecule has 2 aromatic rings. The first-order valence-electron chi connectivity index (χ1n) is 5.09. The van der Waals surface area contributed by atoms with E-state index in [4.69, 9.17) is 10.00 Å². The van der Waals surface area contributed by atoms with Gasteiger partial charge in [-0.05, 0) is 40.2 Å². The SMILES string of the molecule is N#Cc1ccc(OCCn2cc(Br)cn2)cc1. The third-order valence-corrected chi connectivity index (χ3v) is 2.58. The summed E-state index contributed by atoms with van der Waals surface area (Å²) in [4.78, 5) is 0. The summed E-state index contributed by atoms with van der Waals surface area (Å²) in [5, 5.41) is 12.8. The smallest absolute Gasteiger partial charge is 0.119 e. The Hall–Kier alpha value is -1.80. The highest BCUT2D eigenvalue weighted by atomic mass is 79.9. The Labute approximate surface area is 108 Å². The van der Waals surface area contributed by atoms with Gasteiger partial charge in [0.15, 0.2) is 0 Å². The van der Waals surface area contributed by atoms with E-state index in [9.17, 15) is 0 Å². The molecule has 1 heterocycles. The molecular weight excluding hydrogens is 282 g/mol. The molecule has 0 aliphatic rings. The van der Waals surface area contributed by atoms with E-state index < -0.39 is 0 Å². The lowest BCUT2D eigenvalue weighted by atomic mass is 10.2. The molecule has 1 aromatic heterocycles. The van der Waals surface area contributed by atoms with E-state index in [0.717, 1.165) is 10.2 Å². The highest BCUT2D eigenvalue weighted by Gasteiger charge is 1.97. The summed E-state index contributed by atoms with van der Waals surface area (Å²) >= 11 is 3.33. The lowest BCUT2D eigenvalue weighted by Crippen LogP contribution is -2.08. The molecule has 0 unspecified atom stereocenters. The molecule has 0 saturated heterocycles. The fraction of sp³-hybridized carbons (Fsp3) is 0.167. The second-order valence-corrected chi connectivity index (χ2v) is 4.32. The van der Waals surface area contributed by atoms with Gasteiger partial charge in [-0.3, -0.25) is 4.68 Å². The second kappa shape index (κ2) is 5.51. The maximum absolute atomic E-state index is 8.65. The zero-order valence-corrected chi connectivity index (χ0v) is 10.6. The van der Waals surface area contributed by atoms with E-state index >= 15 is 0 Å². The van der Waals surface area contributed by atoms with E-state index in [1.807, 2.05) is 6.20 Å². The molecule has 0 spiro atoms. The Bertz CT molecular complexity index is 527. The molecule has 0 atom stereocenters. The van der Waals surface area contributed by atoms with Crippen LogP contribution in [0.3, 0.4) is 0 Å². The largest absolute Gasteiger partial charge is 0.492 e. The number of nitrogens with zero attached hydrogens (tertiary/aromatic N) is 3. The van der Waals surface area contributed by atoms with Gasteiger partial charge in [0.25, 0.3) is 0 Å². The van der Waals surface area contributed by atoms with Gasteiger partial charge in [-0.1, -0.05) is 0 Å². The topological polar surface area (TPSA) is 50.8 Å². The van der Waals surface area contributed by atoms with Gasteiger partial charge in [0.05, 0.1) is 28.8 Å². The molecule has 1 aromatic carbocycles. The van der Waals surface area contributed by atoms with E-state index in [2.05, 4.69) is 27.1 Å². The van der Waals surface area contributed by atoms with Crippen LogP contribution in [0.25, 0.3) is 0 Å². The molecule has 5 heteroatoms. The van der Waals surface area contributed by atoms with Gasteiger partial charge in [-0.25, -0.2) is 0 Å². The summed E-state index contributed by atoms with van der Waals surface area (Å²) < 4.78 is 8.29. The van der Waals surface area contributed by atoms with Crippen molar-refractivity contribution in [1.82, 2.24) is 9.78 Å². The third-order valence-electron chi connectivity index (χ3n) is 2.17. The molecule has 0 saturated carbocycles. The van der Waals surface area contributed by atoms with Gasteiger partial charge in [0, 0.05) is 6.20 Å². The summed E-state index contributed by atoms with van der Waals surface area (Å²) in [5.41, 5.74) is 0.633. The van der Waals surface area contributed by atoms with Crippen LogP contribution >= 0.6 is 15.9 Å². The van der Waals surface area contributed by atoms with Crippen LogP contribution in [0.2, 0.25) is 0 Å². The average Bonchev–Trinajstić information content (AvgIpc) is 2.76. The normalized spacial score (nSPS) is 9.88. The van der Waals surface area contributed by atoms with Gasteiger partial charge in [-0.2, -0.15) is 10.4 Å². The van der Waals surface area contributed by atoms with Crippen molar-refractivity contribution in [2.75, 3.05) is 6.61 Å². The summed E-state index contributed by atoms with van der Waals surface area (Å²) in [5.74, 6) is 0.759. The molecule has 0 N–H and O–H groups in total. The Balaban J connectivity index is 1.84. The molecule has 0 bridgehead atoms. The molecule has 0 radical (unpaired) electrons. The lowest BCUT2D eigenvalue weighted by molar-refractivity contribution is 0.291. The minimum Gasteiger partial charge on any atom is -0.492 e. The van der Waals surface area contributed by atoms with Crippen molar-refractivity contribution in [3.05, 3.63) is 46.7 Å². The summed E-state index contributed by atoms with van der Waals surface area (Å²) in [7, 11) is 0. The van der Waals surface area contributed by atoms with Crippen molar-refractivity contribution in [3.63, 3.8) is 0 Å². The van der Waals surface area contributed by atoms with Crippen molar-refractivity contribution in [3.8, 4) is 11.8 Å². The molecule has 0 amide bonds. The van der Waals surface area contributed by atoms with Crippen LogP contribution in [-0.4, -0.2) is 16.4 Å². The first kappa shape index (κ1) is 11.7. The van der Waals surface area contributed by atoms with Gasteiger partial charge in [0.1, 0.15) is 12.4 Å². The summed E-state index contributed by atoms with van der Waals surface area (Å²) in [6.45, 7) is 1.23. The molecule has 4 nitrogen and oxygen atoms in total. The van der Waals surface area contributed by atoms with Gasteiger partial charge >= 0.3 is 0 Å². The van der Waals surface area contributed by atoms with Crippen LogP contribution in [0.15, 0.2) is 41.1 Å². The fourth-order valence-electron chi connectivity index (χ4n) is 1.34. The van der Waals surface area contributed by atoms with Crippen molar-refractivity contribution in [1.29, 1.82) is 5.26 Å². The predicted molar refractivity (Wildman–Crippen MR) is 66.6 cm³/mol. The van der Waals surface area contributed by atoms with Crippen LogP contribution in [0.5, 0.6) is 5.75 Å². The Kier molecular flexibility index (Phi) is 3.78. The van der Waals surface area contributed by atoms with Crippen LogP contribution in [0.4, 0.5) is 0 Å². The second-order valence-electron chi connectivity index (χ2n) is 3.41. The number of ether oxygens (including phenoxy) is 1. The van der Waals surface area contributed by atoms with Gasteiger partial charge in [-0.15, -0.1) is 0 Å². The number of hydrogen-bond acceptors (Lipinski definition) is 3. The quantitative estimate of drug-likeness (QED) is 0.870. The Morgan fingerprint density at radius 1 is 1.35 bits per heavy atom. The zero-order valence-electron chi connectivity index (χ0n) is 9.01. The molecule has 17 heavy (non-hydrogen) atoms. The van der Waals surface area contributed by atoms with Gasteiger partial charge < -0.3 is 4.74 Å². The molecular formula is C12H10BrN3O. The zero-order chi connectivity index (χ0) is 12.1. The number of aromatic nitrogens is 2. The average molecular weight is 292 g/mol. The Morgan fingerprint density at radius 2 is 2.12 bits per heavy atom. The standard InChI is InChI=1S/C12H10BrN3O/c13-11-8-15-16(9-11)5-6-17-12-3-1-10(7-14)2-4-12/h1-4,8-9H,5-6H2. The Morgan fingerprint density at radius 3 is 2.71 bits per heavy atom. The maximum Gasteiger partial charge on any atom is 0.119 e. The molecule has 2 rings (SSSR count). The summed E-state index contributed by atoms with van der Waals surface area (Å²) in [6, 6.07) is 9.11. The third kappa shape index (κ3) is 3.33. The number of benzene rings is 1. The van der Waals surface area contributed by atoms with E-state index in [1.165, 1.54) is 0 Å². The summed E-state index contributed by atoms with van der Waals surface area (Å²) in [6.07, 6.45) is 3.63. The van der Waals surface area contributed by atoms with Crippen LogP contribution < -0.4 is 4.74 Å². The van der Waals surface area contributed by atoms with Crippen molar-refractivity contribution in [2.24, 2.45) is 0 Å². The fourth-order valence-corrected chi connectivity index (χ4v) is 1.67. The molecule has 86 valence electrons. The predicted octanol–water partition coefficient (Wildman–Crippen LogP) is 2.60. The number of nitriles is 1. The lowest BCUT2D eigenvalue weighted by Gasteiger charge is -2.05. The molecule has 0 aliphatic carbocycles. The monoisotopic (exact) mass is 291 g/mol. The minimum absolute atomic E-state index is 0.542. The van der Waals surface area contributed by atoms with Gasteiger partial charge in [0.2, 0.25) is 0 Å². The molecule has 0 aliphatic heterocycles. The first-order chi connectivity index (χ1) is 8.28. The van der Waals surface area contributed by atoms with E-state index in [1.54, 1.807) is 35.1 Å². The maximum atomic E-state index is 8.65. The number of halogens is 1. The van der Waals surface area contributed by atoms with Crippen molar-refractivity contribution in [2.45, 2.75) is 6.54 Å². The minimum atomic E-state index is 0.542. The highest BCUT2D eigenvalue weighted by molar-refractivity contribution is 9.10. The van der Waals surface area contributed by atoms with Crippen molar-refractivity contribution < 1.29 is 4.74 Å². The highest BCUT2D eigenvalue weighted by Crippen LogP contribution is 2.11. The van der Waals surface area contributed by atoms with Crippen molar-refractivity contribution >= 4 is 15.9 Å². The van der Waals surface area contributed by atoms with Crippen LogP contribution in [0.1, 0.15) is 5.56 Å². The first-order valence-corrected chi connectivity index (χ1v) is 5.88. The van der Waals surface area contributed by atoms with Crippen LogP contribution in [0, 0.1) is 11.3 Å².